The van der Waals surface area contributed by atoms with Crippen LogP contribution >= 0.6 is 0 Å². The quantitative estimate of drug-likeness (QED) is 0.691. The Hall–Kier alpha value is -1.39. The van der Waals surface area contributed by atoms with Crippen LogP contribution in [0.2, 0.25) is 0 Å². The lowest BCUT2D eigenvalue weighted by Gasteiger charge is -2.36. The van der Waals surface area contributed by atoms with Crippen LogP contribution in [0, 0.1) is 0 Å². The fraction of sp³-hybridized carbons (Fsp3) is 0.500. The van der Waals surface area contributed by atoms with Gasteiger partial charge >= 0.3 is 0 Å². The van der Waals surface area contributed by atoms with Crippen molar-refractivity contribution in [3.63, 3.8) is 0 Å². The van der Waals surface area contributed by atoms with Crippen molar-refractivity contribution in [2.45, 2.75) is 25.3 Å². The minimum atomic E-state index is -0.00522. The number of fused-ring (bicyclic) bond motifs is 1. The molecule has 1 saturated heterocycles. The van der Waals surface area contributed by atoms with Crippen LogP contribution in [0.1, 0.15) is 24.5 Å². The maximum atomic E-state index is 11.3. The molecule has 1 atom stereocenters. The van der Waals surface area contributed by atoms with Gasteiger partial charge in [0.05, 0.1) is 5.54 Å². The molecule has 0 aliphatic carbocycles. The highest BCUT2D eigenvalue weighted by molar-refractivity contribution is 5.93. The van der Waals surface area contributed by atoms with Crippen molar-refractivity contribution in [3.8, 4) is 0 Å². The topological polar surface area (TPSA) is 53.2 Å². The molecule has 0 aromatic heterocycles. The summed E-state index contributed by atoms with van der Waals surface area (Å²) in [5.74, 6) is 0.124. The Balaban J connectivity index is 1.92. The third-order valence-corrected chi connectivity index (χ3v) is 3.93. The number of benzene rings is 1. The van der Waals surface area contributed by atoms with Crippen LogP contribution in [-0.2, 0) is 16.8 Å². The number of carbonyl (C=O) groups is 1. The van der Waals surface area contributed by atoms with Gasteiger partial charge in [-0.25, -0.2) is 0 Å². The predicted octanol–water partition coefficient (Wildman–Crippen LogP) is 0.979. The molecule has 2 aliphatic rings. The van der Waals surface area contributed by atoms with Gasteiger partial charge in [-0.1, -0.05) is 12.1 Å². The smallest absolute Gasteiger partial charge is 0.224 e. The number of rotatable bonds is 1. The predicted molar refractivity (Wildman–Crippen MR) is 71.6 cm³/mol. The van der Waals surface area contributed by atoms with Crippen molar-refractivity contribution >= 4 is 11.6 Å². The van der Waals surface area contributed by atoms with E-state index in [0.29, 0.717) is 6.42 Å². The lowest BCUT2D eigenvalue weighted by Crippen LogP contribution is -2.55. The lowest BCUT2D eigenvalue weighted by molar-refractivity contribution is -0.116. The summed E-state index contributed by atoms with van der Waals surface area (Å²) in [7, 11) is 0. The van der Waals surface area contributed by atoms with E-state index in [4.69, 9.17) is 0 Å². The van der Waals surface area contributed by atoms with E-state index in [-0.39, 0.29) is 11.4 Å². The van der Waals surface area contributed by atoms with E-state index in [9.17, 15) is 4.79 Å². The Kier molecular flexibility index (Phi) is 2.84. The molecule has 2 aliphatic heterocycles. The average Bonchev–Trinajstić information content (AvgIpc) is 2.39. The molecule has 0 bridgehead atoms. The number of carbonyl (C=O) groups excluding carboxylic acids is 1. The van der Waals surface area contributed by atoms with Crippen molar-refractivity contribution in [2.75, 3.05) is 25.0 Å². The van der Waals surface area contributed by atoms with E-state index in [0.717, 1.165) is 31.7 Å². The van der Waals surface area contributed by atoms with Crippen molar-refractivity contribution in [2.24, 2.45) is 0 Å². The van der Waals surface area contributed by atoms with Crippen LogP contribution < -0.4 is 16.0 Å². The summed E-state index contributed by atoms with van der Waals surface area (Å²) in [5.41, 5.74) is 3.52. The summed E-state index contributed by atoms with van der Waals surface area (Å²) in [6.07, 6.45) is 1.44. The number of amides is 1. The molecule has 1 aromatic rings. The number of aryl methyl sites for hydroxylation is 1. The van der Waals surface area contributed by atoms with Crippen molar-refractivity contribution in [1.29, 1.82) is 0 Å². The highest BCUT2D eigenvalue weighted by Crippen LogP contribution is 2.29. The second-order valence-corrected chi connectivity index (χ2v) is 5.36. The zero-order valence-corrected chi connectivity index (χ0v) is 10.7. The largest absolute Gasteiger partial charge is 0.326 e. The van der Waals surface area contributed by atoms with Gasteiger partial charge < -0.3 is 16.0 Å². The molecule has 4 heteroatoms. The van der Waals surface area contributed by atoms with Gasteiger partial charge in [-0.2, -0.15) is 0 Å². The highest BCUT2D eigenvalue weighted by Gasteiger charge is 2.29. The highest BCUT2D eigenvalue weighted by atomic mass is 16.1. The zero-order valence-electron chi connectivity index (χ0n) is 10.7. The summed E-state index contributed by atoms with van der Waals surface area (Å²) in [6, 6.07) is 6.38. The molecule has 4 nitrogen and oxygen atoms in total. The summed E-state index contributed by atoms with van der Waals surface area (Å²) in [4.78, 5) is 11.3. The SMILES string of the molecule is CC1(c2ccc3c(c2)CCC(=O)N3)CNCCN1. The molecular formula is C14H19N3O. The maximum Gasteiger partial charge on any atom is 0.224 e. The number of piperazine rings is 1. The molecule has 1 fully saturated rings. The van der Waals surface area contributed by atoms with Gasteiger partial charge in [-0.05, 0) is 30.5 Å². The van der Waals surface area contributed by atoms with Gasteiger partial charge in [-0.15, -0.1) is 0 Å². The maximum absolute atomic E-state index is 11.3. The van der Waals surface area contributed by atoms with Gasteiger partial charge in [0, 0.05) is 31.7 Å². The third-order valence-electron chi connectivity index (χ3n) is 3.93. The van der Waals surface area contributed by atoms with Gasteiger partial charge in [0.15, 0.2) is 0 Å². The monoisotopic (exact) mass is 245 g/mol. The van der Waals surface area contributed by atoms with E-state index in [2.05, 4.69) is 35.0 Å². The fourth-order valence-corrected chi connectivity index (χ4v) is 2.76. The first-order valence-electron chi connectivity index (χ1n) is 6.56. The summed E-state index contributed by atoms with van der Waals surface area (Å²) >= 11 is 0. The molecule has 1 amide bonds. The van der Waals surface area contributed by atoms with E-state index < -0.39 is 0 Å². The van der Waals surface area contributed by atoms with E-state index in [1.807, 2.05) is 6.07 Å². The van der Waals surface area contributed by atoms with Crippen molar-refractivity contribution < 1.29 is 4.79 Å². The molecule has 0 saturated carbocycles. The van der Waals surface area contributed by atoms with E-state index >= 15 is 0 Å². The Morgan fingerprint density at radius 1 is 1.22 bits per heavy atom. The first-order valence-corrected chi connectivity index (χ1v) is 6.56. The first-order chi connectivity index (χ1) is 8.67. The zero-order chi connectivity index (χ0) is 12.6. The molecule has 1 aromatic carbocycles. The molecule has 1 unspecified atom stereocenters. The summed E-state index contributed by atoms with van der Waals surface area (Å²) < 4.78 is 0. The molecular weight excluding hydrogens is 226 g/mol. The first kappa shape index (κ1) is 11.7. The second kappa shape index (κ2) is 4.37. The van der Waals surface area contributed by atoms with Crippen molar-refractivity contribution in [3.05, 3.63) is 29.3 Å². The molecule has 0 radical (unpaired) electrons. The summed E-state index contributed by atoms with van der Waals surface area (Å²) in [5, 5.41) is 9.93. The van der Waals surface area contributed by atoms with Gasteiger partial charge in [0.25, 0.3) is 0 Å². The van der Waals surface area contributed by atoms with Crippen LogP contribution in [0.25, 0.3) is 0 Å². The van der Waals surface area contributed by atoms with Crippen LogP contribution in [0.3, 0.4) is 0 Å². The molecule has 18 heavy (non-hydrogen) atoms. The number of hydrogen-bond acceptors (Lipinski definition) is 3. The molecule has 2 heterocycles. The Labute approximate surface area is 107 Å². The fourth-order valence-electron chi connectivity index (χ4n) is 2.76. The third kappa shape index (κ3) is 2.02. The van der Waals surface area contributed by atoms with Crippen LogP contribution in [-0.4, -0.2) is 25.5 Å². The van der Waals surface area contributed by atoms with E-state index in [1.165, 1.54) is 11.1 Å². The average molecular weight is 245 g/mol. The van der Waals surface area contributed by atoms with Crippen LogP contribution in [0.15, 0.2) is 18.2 Å². The van der Waals surface area contributed by atoms with Crippen molar-refractivity contribution in [1.82, 2.24) is 10.6 Å². The van der Waals surface area contributed by atoms with Gasteiger partial charge in [-0.3, -0.25) is 4.79 Å². The van der Waals surface area contributed by atoms with Gasteiger partial charge in [0.2, 0.25) is 5.91 Å². The number of nitrogens with one attached hydrogen (secondary N) is 3. The van der Waals surface area contributed by atoms with Crippen LogP contribution in [0.4, 0.5) is 5.69 Å². The molecule has 0 spiro atoms. The Morgan fingerprint density at radius 3 is 2.89 bits per heavy atom. The number of anilines is 1. The minimum Gasteiger partial charge on any atom is -0.326 e. The lowest BCUT2D eigenvalue weighted by atomic mass is 9.87. The molecule has 3 N–H and O–H groups in total. The molecule has 3 rings (SSSR count). The number of hydrogen-bond donors (Lipinski definition) is 3. The van der Waals surface area contributed by atoms with Crippen LogP contribution in [0.5, 0.6) is 0 Å². The molecule has 96 valence electrons. The Bertz CT molecular complexity index is 478. The summed E-state index contributed by atoms with van der Waals surface area (Å²) in [6.45, 7) is 5.18. The van der Waals surface area contributed by atoms with E-state index in [1.54, 1.807) is 0 Å². The standard InChI is InChI=1S/C14H19N3O/c1-14(9-15-6-7-16-14)11-3-4-12-10(8-11)2-5-13(18)17-12/h3-4,8,15-16H,2,5-7,9H2,1H3,(H,17,18). The second-order valence-electron chi connectivity index (χ2n) is 5.36. The Morgan fingerprint density at radius 2 is 2.11 bits per heavy atom. The van der Waals surface area contributed by atoms with Gasteiger partial charge in [0.1, 0.15) is 0 Å². The minimum absolute atomic E-state index is 0.00522. The normalized spacial score (nSPS) is 27.5.